The van der Waals surface area contributed by atoms with Gasteiger partial charge < -0.3 is 29.6 Å². The Labute approximate surface area is 202 Å². The lowest BCUT2D eigenvalue weighted by molar-refractivity contribution is -0.138. The third-order valence-electron chi connectivity index (χ3n) is 4.35. The van der Waals surface area contributed by atoms with E-state index in [2.05, 4.69) is 15.4 Å². The molecule has 0 atom stereocenters. The number of rotatable bonds is 9. The molecule has 0 unspecified atom stereocenters. The summed E-state index contributed by atoms with van der Waals surface area (Å²) in [6.07, 6.45) is 2.92. The third-order valence-corrected chi connectivity index (χ3v) is 4.35. The molecule has 0 aromatic heterocycles. The Kier molecular flexibility index (Phi) is 9.59. The largest absolute Gasteiger partial charge is 0.493 e. The zero-order valence-electron chi connectivity index (χ0n) is 20.0. The van der Waals surface area contributed by atoms with Crippen LogP contribution in [0.3, 0.4) is 0 Å². The summed E-state index contributed by atoms with van der Waals surface area (Å²) in [6.45, 7) is 2.57. The smallest absolute Gasteiger partial charge is 0.354 e. The predicted molar refractivity (Wildman–Crippen MR) is 127 cm³/mol. The second kappa shape index (κ2) is 12.6. The molecule has 0 saturated heterocycles. The van der Waals surface area contributed by atoms with E-state index in [4.69, 9.17) is 14.2 Å². The molecule has 2 N–H and O–H groups in total. The highest BCUT2D eigenvalue weighted by Gasteiger charge is 2.14. The van der Waals surface area contributed by atoms with Crippen molar-refractivity contribution in [1.29, 1.82) is 0 Å². The van der Waals surface area contributed by atoms with Crippen molar-refractivity contribution in [1.82, 2.24) is 10.6 Å². The van der Waals surface area contributed by atoms with E-state index in [1.165, 1.54) is 47.3 Å². The average molecular weight is 482 g/mol. The molecule has 0 aliphatic rings. The number of benzene rings is 2. The van der Waals surface area contributed by atoms with Crippen LogP contribution in [-0.4, -0.2) is 45.1 Å². The first kappa shape index (κ1) is 26.7. The summed E-state index contributed by atoms with van der Waals surface area (Å²) in [6, 6.07) is 11.6. The molecule has 10 heteroatoms. The standard InChI is InChI=1S/C25H26N2O8/c1-15(28)26-20(24(30)33-4)12-17-6-9-19(10-7-17)35-23-14-18(8-11-22(23)32-3)13-21(25(31)34-5)27-16(2)29/h6-14H,1-5H3,(H,26,28)(H,27,29)/b20-12-,21-13-. The minimum Gasteiger partial charge on any atom is -0.493 e. The van der Waals surface area contributed by atoms with Crippen molar-refractivity contribution in [3.8, 4) is 17.2 Å². The van der Waals surface area contributed by atoms with Crippen LogP contribution < -0.4 is 20.1 Å². The lowest BCUT2D eigenvalue weighted by Crippen LogP contribution is -2.25. The summed E-state index contributed by atoms with van der Waals surface area (Å²) in [5.74, 6) is -0.968. The van der Waals surface area contributed by atoms with Crippen LogP contribution in [0.2, 0.25) is 0 Å². The summed E-state index contributed by atoms with van der Waals surface area (Å²) >= 11 is 0. The van der Waals surface area contributed by atoms with Crippen LogP contribution in [0, 0.1) is 0 Å². The Balaban J connectivity index is 2.33. The summed E-state index contributed by atoms with van der Waals surface area (Å²) in [4.78, 5) is 46.6. The zero-order valence-corrected chi connectivity index (χ0v) is 20.0. The van der Waals surface area contributed by atoms with Crippen molar-refractivity contribution >= 4 is 35.9 Å². The van der Waals surface area contributed by atoms with Gasteiger partial charge in [0.25, 0.3) is 0 Å². The molecule has 0 radical (unpaired) electrons. The van der Waals surface area contributed by atoms with Gasteiger partial charge in [-0.25, -0.2) is 9.59 Å². The Morgan fingerprint density at radius 3 is 1.63 bits per heavy atom. The quantitative estimate of drug-likeness (QED) is 0.412. The Bertz CT molecular complexity index is 1170. The fourth-order valence-corrected chi connectivity index (χ4v) is 2.85. The number of methoxy groups -OCH3 is 3. The molecule has 2 aromatic rings. The maximum absolute atomic E-state index is 12.0. The maximum Gasteiger partial charge on any atom is 0.354 e. The average Bonchev–Trinajstić information content (AvgIpc) is 2.83. The molecule has 0 fully saturated rings. The van der Waals surface area contributed by atoms with E-state index in [0.717, 1.165) is 0 Å². The lowest BCUT2D eigenvalue weighted by atomic mass is 10.1. The van der Waals surface area contributed by atoms with Gasteiger partial charge in [-0.2, -0.15) is 0 Å². The Morgan fingerprint density at radius 1 is 0.686 bits per heavy atom. The number of esters is 2. The van der Waals surface area contributed by atoms with Crippen molar-refractivity contribution in [2.24, 2.45) is 0 Å². The Hall–Kier alpha value is -4.60. The minimum absolute atomic E-state index is 0.00425. The van der Waals surface area contributed by atoms with Gasteiger partial charge in [-0.1, -0.05) is 18.2 Å². The van der Waals surface area contributed by atoms with Gasteiger partial charge in [-0.05, 0) is 47.5 Å². The molecule has 10 nitrogen and oxygen atoms in total. The number of hydrogen-bond donors (Lipinski definition) is 2. The molecular formula is C25H26N2O8. The van der Waals surface area contributed by atoms with Crippen molar-refractivity contribution < 1.29 is 38.1 Å². The number of carbonyl (C=O) groups is 4. The Morgan fingerprint density at radius 2 is 1.17 bits per heavy atom. The fraction of sp³-hybridized carbons (Fsp3) is 0.200. The highest BCUT2D eigenvalue weighted by Crippen LogP contribution is 2.33. The molecule has 35 heavy (non-hydrogen) atoms. The van der Waals surface area contributed by atoms with Gasteiger partial charge in [0.15, 0.2) is 11.5 Å². The molecule has 0 spiro atoms. The first-order chi connectivity index (χ1) is 16.7. The zero-order chi connectivity index (χ0) is 26.0. The number of hydrogen-bond acceptors (Lipinski definition) is 8. The van der Waals surface area contributed by atoms with E-state index in [9.17, 15) is 19.2 Å². The van der Waals surface area contributed by atoms with Crippen molar-refractivity contribution in [3.63, 3.8) is 0 Å². The molecule has 0 aliphatic heterocycles. The molecule has 0 saturated carbocycles. The number of ether oxygens (including phenoxy) is 4. The minimum atomic E-state index is -0.701. The summed E-state index contributed by atoms with van der Waals surface area (Å²) < 4.78 is 20.7. The predicted octanol–water partition coefficient (Wildman–Crippen LogP) is 2.79. The molecule has 184 valence electrons. The van der Waals surface area contributed by atoms with Crippen LogP contribution >= 0.6 is 0 Å². The molecule has 0 heterocycles. The first-order valence-electron chi connectivity index (χ1n) is 10.3. The van der Waals surface area contributed by atoms with Gasteiger partial charge in [0.2, 0.25) is 11.8 Å². The molecule has 2 aromatic carbocycles. The van der Waals surface area contributed by atoms with Crippen LogP contribution in [0.5, 0.6) is 17.2 Å². The van der Waals surface area contributed by atoms with Crippen LogP contribution in [-0.2, 0) is 28.7 Å². The van der Waals surface area contributed by atoms with E-state index < -0.39 is 23.8 Å². The van der Waals surface area contributed by atoms with Crippen LogP contribution in [0.15, 0.2) is 53.9 Å². The highest BCUT2D eigenvalue weighted by molar-refractivity contribution is 5.98. The SMILES string of the molecule is COC(=O)/C(=C/c1ccc(Oc2cc(/C=C(\NC(C)=O)C(=O)OC)ccc2OC)cc1)NC(C)=O. The number of nitrogens with one attached hydrogen (secondary N) is 2. The van der Waals surface area contributed by atoms with Gasteiger partial charge in [-0.3, -0.25) is 9.59 Å². The van der Waals surface area contributed by atoms with E-state index >= 15 is 0 Å². The summed E-state index contributed by atoms with van der Waals surface area (Å²) in [5.41, 5.74) is 1.13. The molecule has 2 rings (SSSR count). The molecule has 2 amide bonds. The first-order valence-corrected chi connectivity index (χ1v) is 10.3. The summed E-state index contributed by atoms with van der Waals surface area (Å²) in [5, 5.41) is 4.86. The highest BCUT2D eigenvalue weighted by atomic mass is 16.5. The second-order valence-corrected chi connectivity index (χ2v) is 7.04. The topological polar surface area (TPSA) is 129 Å². The van der Waals surface area contributed by atoms with E-state index in [1.54, 1.807) is 42.5 Å². The maximum atomic E-state index is 12.0. The van der Waals surface area contributed by atoms with Gasteiger partial charge in [0, 0.05) is 13.8 Å². The third kappa shape index (κ3) is 8.04. The van der Waals surface area contributed by atoms with Crippen molar-refractivity contribution in [3.05, 3.63) is 65.0 Å². The monoisotopic (exact) mass is 482 g/mol. The van der Waals surface area contributed by atoms with E-state index in [0.29, 0.717) is 28.4 Å². The fourth-order valence-electron chi connectivity index (χ4n) is 2.85. The van der Waals surface area contributed by atoms with E-state index in [1.807, 2.05) is 0 Å². The van der Waals surface area contributed by atoms with Gasteiger partial charge in [0.1, 0.15) is 17.1 Å². The number of amides is 2. The van der Waals surface area contributed by atoms with Crippen LogP contribution in [0.1, 0.15) is 25.0 Å². The van der Waals surface area contributed by atoms with Crippen molar-refractivity contribution in [2.75, 3.05) is 21.3 Å². The van der Waals surface area contributed by atoms with Gasteiger partial charge in [0.05, 0.1) is 21.3 Å². The van der Waals surface area contributed by atoms with Crippen molar-refractivity contribution in [2.45, 2.75) is 13.8 Å². The molecular weight excluding hydrogens is 456 g/mol. The molecule has 0 bridgehead atoms. The summed E-state index contributed by atoms with van der Waals surface area (Å²) in [7, 11) is 3.92. The number of carbonyl (C=O) groups excluding carboxylic acids is 4. The lowest BCUT2D eigenvalue weighted by Gasteiger charge is -2.12. The van der Waals surface area contributed by atoms with Crippen LogP contribution in [0.25, 0.3) is 12.2 Å². The second-order valence-electron chi connectivity index (χ2n) is 7.04. The van der Waals surface area contributed by atoms with E-state index in [-0.39, 0.29) is 11.4 Å². The molecule has 0 aliphatic carbocycles. The normalized spacial score (nSPS) is 11.2. The van der Waals surface area contributed by atoms with Gasteiger partial charge >= 0.3 is 11.9 Å². The van der Waals surface area contributed by atoms with Gasteiger partial charge in [-0.15, -0.1) is 0 Å². The van der Waals surface area contributed by atoms with Crippen LogP contribution in [0.4, 0.5) is 0 Å².